The molecular weight excluding hydrogens is 718 g/mol. The minimum absolute atomic E-state index is 0.0527. The van der Waals surface area contributed by atoms with Gasteiger partial charge in [-0.25, -0.2) is 9.13 Å². The highest BCUT2D eigenvalue weighted by Gasteiger charge is 2.30. The van der Waals surface area contributed by atoms with Gasteiger partial charge < -0.3 is 33.8 Å². The zero-order chi connectivity index (χ0) is 38.5. The van der Waals surface area contributed by atoms with E-state index in [1.807, 2.05) is 6.92 Å². The maximum atomic E-state index is 12.4. The number of esters is 4. The van der Waals surface area contributed by atoms with Gasteiger partial charge in [0.1, 0.15) is 19.3 Å². The molecule has 0 aromatic rings. The van der Waals surface area contributed by atoms with Crippen LogP contribution >= 0.6 is 15.6 Å². The fraction of sp³-hybridized carbons (Fsp3) is 0.875. The van der Waals surface area contributed by atoms with Crippen molar-refractivity contribution in [3.63, 3.8) is 0 Å². The number of phosphoric ester groups is 2. The van der Waals surface area contributed by atoms with Gasteiger partial charge in [0.15, 0.2) is 12.2 Å². The standard InChI is InChI=1S/C32H60O17P2/c1-5-9-11-13-15-18-30(35)43-23-27(48-31(36)17-8-4)24-46-50(38,39)44-20-26(33)21-45-51(40,41)47-25-28(22-42-29(34)16-7-3)49-32(37)19-14-12-10-6-2/h26-28,33H,5-25H2,1-4H3,(H,38,39)(H,40,41)/t26-,27+,28+/m0/s1. The lowest BCUT2D eigenvalue weighted by molar-refractivity contribution is -0.161. The number of carbonyl (C=O) groups is 4. The predicted octanol–water partition coefficient (Wildman–Crippen LogP) is 5.46. The van der Waals surface area contributed by atoms with Crippen molar-refractivity contribution < 1.29 is 80.2 Å². The van der Waals surface area contributed by atoms with Crippen LogP contribution in [0.2, 0.25) is 0 Å². The molecule has 0 saturated carbocycles. The highest BCUT2D eigenvalue weighted by Crippen LogP contribution is 2.45. The van der Waals surface area contributed by atoms with Gasteiger partial charge in [-0.15, -0.1) is 0 Å². The van der Waals surface area contributed by atoms with E-state index in [9.17, 15) is 43.2 Å². The first-order valence-electron chi connectivity index (χ1n) is 17.8. The number of ether oxygens (including phenoxy) is 4. The third-order valence-electron chi connectivity index (χ3n) is 6.79. The molecule has 0 aliphatic heterocycles. The van der Waals surface area contributed by atoms with Crippen LogP contribution in [0.25, 0.3) is 0 Å². The molecule has 19 heteroatoms. The molecule has 0 aromatic heterocycles. The summed E-state index contributed by atoms with van der Waals surface area (Å²) >= 11 is 0. The molecule has 0 aromatic carbocycles. The van der Waals surface area contributed by atoms with Crippen LogP contribution in [0.4, 0.5) is 0 Å². The first-order chi connectivity index (χ1) is 24.2. The molecular formula is C32H60O17P2. The Kier molecular flexibility index (Phi) is 28.4. The largest absolute Gasteiger partial charge is 0.472 e. The van der Waals surface area contributed by atoms with Crippen molar-refractivity contribution in [2.75, 3.05) is 39.6 Å². The Morgan fingerprint density at radius 3 is 1.27 bits per heavy atom. The lowest BCUT2D eigenvalue weighted by atomic mass is 10.1. The molecule has 0 aliphatic carbocycles. The number of aliphatic hydroxyl groups excluding tert-OH is 1. The fourth-order valence-corrected chi connectivity index (χ4v) is 5.63. The number of unbranched alkanes of at least 4 members (excludes halogenated alkanes) is 7. The number of carbonyl (C=O) groups excluding carboxylic acids is 4. The highest BCUT2D eigenvalue weighted by atomic mass is 31.2. The van der Waals surface area contributed by atoms with Crippen molar-refractivity contribution in [1.29, 1.82) is 0 Å². The van der Waals surface area contributed by atoms with Gasteiger partial charge in [-0.3, -0.25) is 37.3 Å². The Labute approximate surface area is 301 Å². The van der Waals surface area contributed by atoms with Gasteiger partial charge >= 0.3 is 39.5 Å². The van der Waals surface area contributed by atoms with Gasteiger partial charge in [0.25, 0.3) is 0 Å². The zero-order valence-electron chi connectivity index (χ0n) is 30.5. The Balaban J connectivity index is 4.91. The smallest absolute Gasteiger partial charge is 0.462 e. The second kappa shape index (κ2) is 29.5. The van der Waals surface area contributed by atoms with Gasteiger partial charge in [-0.05, 0) is 25.7 Å². The SMILES string of the molecule is CCCCCCCC(=O)OC[C@H](COP(=O)(O)OC[C@H](O)COP(=O)(O)OC[C@@H](COC(=O)CCC)OC(=O)CCCCCC)OC(=O)CCC. The van der Waals surface area contributed by atoms with Gasteiger partial charge in [-0.2, -0.15) is 0 Å². The Hall–Kier alpha value is -1.94. The molecule has 5 atom stereocenters. The summed E-state index contributed by atoms with van der Waals surface area (Å²) < 4.78 is 64.7. The lowest BCUT2D eigenvalue weighted by Gasteiger charge is -2.21. The van der Waals surface area contributed by atoms with E-state index in [4.69, 9.17) is 37.0 Å². The van der Waals surface area contributed by atoms with E-state index in [1.165, 1.54) is 0 Å². The van der Waals surface area contributed by atoms with Crippen LogP contribution in [-0.2, 0) is 65.4 Å². The summed E-state index contributed by atoms with van der Waals surface area (Å²) in [7, 11) is -9.74. The molecule has 0 saturated heterocycles. The topological polar surface area (TPSA) is 237 Å². The average Bonchev–Trinajstić information content (AvgIpc) is 3.07. The minimum atomic E-state index is -4.87. The molecule has 0 aliphatic rings. The maximum absolute atomic E-state index is 12.4. The number of phosphoric acid groups is 2. The van der Waals surface area contributed by atoms with E-state index in [0.717, 1.165) is 44.9 Å². The second-order valence-corrected chi connectivity index (χ2v) is 14.7. The van der Waals surface area contributed by atoms with E-state index in [2.05, 4.69) is 6.92 Å². The Morgan fingerprint density at radius 2 is 0.824 bits per heavy atom. The summed E-state index contributed by atoms with van der Waals surface area (Å²) in [6.45, 7) is 3.60. The van der Waals surface area contributed by atoms with Gasteiger partial charge in [0.05, 0.1) is 26.4 Å². The number of aliphatic hydroxyl groups is 1. The van der Waals surface area contributed by atoms with Crippen LogP contribution < -0.4 is 0 Å². The van der Waals surface area contributed by atoms with Crippen LogP contribution in [0.3, 0.4) is 0 Å². The van der Waals surface area contributed by atoms with E-state index in [1.54, 1.807) is 13.8 Å². The molecule has 0 heterocycles. The lowest BCUT2D eigenvalue weighted by Crippen LogP contribution is -2.30. The van der Waals surface area contributed by atoms with Crippen molar-refractivity contribution in [3.8, 4) is 0 Å². The zero-order valence-corrected chi connectivity index (χ0v) is 32.3. The summed E-state index contributed by atoms with van der Waals surface area (Å²) in [4.78, 5) is 68.3. The molecule has 0 fully saturated rings. The number of rotatable bonds is 33. The van der Waals surface area contributed by atoms with Gasteiger partial charge in [0.2, 0.25) is 0 Å². The van der Waals surface area contributed by atoms with Crippen molar-refractivity contribution in [1.82, 2.24) is 0 Å². The summed E-state index contributed by atoms with van der Waals surface area (Å²) in [6.07, 6.45) is 5.15. The highest BCUT2D eigenvalue weighted by molar-refractivity contribution is 7.47. The molecule has 2 unspecified atom stereocenters. The molecule has 0 spiro atoms. The first-order valence-corrected chi connectivity index (χ1v) is 20.8. The summed E-state index contributed by atoms with van der Waals surface area (Å²) in [5, 5.41) is 10.1. The first kappa shape index (κ1) is 49.1. The minimum Gasteiger partial charge on any atom is -0.462 e. The third kappa shape index (κ3) is 29.2. The molecule has 51 heavy (non-hydrogen) atoms. The van der Waals surface area contributed by atoms with E-state index < -0.39 is 97.5 Å². The maximum Gasteiger partial charge on any atom is 0.472 e. The molecule has 0 bridgehead atoms. The molecule has 0 amide bonds. The number of hydrogen-bond acceptors (Lipinski definition) is 15. The molecule has 3 N–H and O–H groups in total. The van der Waals surface area contributed by atoms with Crippen LogP contribution in [0.5, 0.6) is 0 Å². The van der Waals surface area contributed by atoms with E-state index in [-0.39, 0.29) is 25.7 Å². The van der Waals surface area contributed by atoms with E-state index >= 15 is 0 Å². The molecule has 17 nitrogen and oxygen atoms in total. The third-order valence-corrected chi connectivity index (χ3v) is 8.69. The molecule has 300 valence electrons. The molecule has 0 radical (unpaired) electrons. The summed E-state index contributed by atoms with van der Waals surface area (Å²) in [6, 6.07) is 0. The Morgan fingerprint density at radius 1 is 0.471 bits per heavy atom. The van der Waals surface area contributed by atoms with Crippen LogP contribution in [-0.4, -0.2) is 96.7 Å². The fourth-order valence-electron chi connectivity index (χ4n) is 4.05. The van der Waals surface area contributed by atoms with Crippen molar-refractivity contribution >= 4 is 39.5 Å². The number of hydrogen-bond donors (Lipinski definition) is 3. The van der Waals surface area contributed by atoms with Gasteiger partial charge in [-0.1, -0.05) is 72.6 Å². The van der Waals surface area contributed by atoms with Gasteiger partial charge in [0, 0.05) is 25.7 Å². The predicted molar refractivity (Wildman–Crippen MR) is 183 cm³/mol. The van der Waals surface area contributed by atoms with E-state index in [0.29, 0.717) is 25.7 Å². The average molecular weight is 779 g/mol. The Bertz CT molecular complexity index is 1070. The summed E-state index contributed by atoms with van der Waals surface area (Å²) in [5.41, 5.74) is 0. The quantitative estimate of drug-likeness (QED) is 0.0325. The van der Waals surface area contributed by atoms with Crippen LogP contribution in [0, 0.1) is 0 Å². The summed E-state index contributed by atoms with van der Waals surface area (Å²) in [5.74, 6) is -2.33. The van der Waals surface area contributed by atoms with Crippen LogP contribution in [0.1, 0.15) is 124 Å². The second-order valence-electron chi connectivity index (χ2n) is 11.8. The van der Waals surface area contributed by atoms with Crippen molar-refractivity contribution in [3.05, 3.63) is 0 Å². The monoisotopic (exact) mass is 778 g/mol. The normalized spacial score (nSPS) is 15.5. The van der Waals surface area contributed by atoms with Crippen molar-refractivity contribution in [2.24, 2.45) is 0 Å². The van der Waals surface area contributed by atoms with Crippen LogP contribution in [0.15, 0.2) is 0 Å². The molecule has 0 rings (SSSR count). The van der Waals surface area contributed by atoms with Crippen molar-refractivity contribution in [2.45, 2.75) is 142 Å².